The zero-order chi connectivity index (χ0) is 21.1. The Balaban J connectivity index is 1.76. The van der Waals surface area contributed by atoms with Crippen LogP contribution in [0.25, 0.3) is 0 Å². The van der Waals surface area contributed by atoms with Gasteiger partial charge in [-0.15, -0.1) is 0 Å². The van der Waals surface area contributed by atoms with Crippen LogP contribution in [0.5, 0.6) is 0 Å². The Kier molecular flexibility index (Phi) is 6.11. The Hall–Kier alpha value is -2.77. The van der Waals surface area contributed by atoms with E-state index in [2.05, 4.69) is 50.7 Å². The van der Waals surface area contributed by atoms with E-state index in [9.17, 15) is 0 Å². The molecule has 1 fully saturated rings. The van der Waals surface area contributed by atoms with Crippen LogP contribution in [0.3, 0.4) is 0 Å². The van der Waals surface area contributed by atoms with Crippen molar-refractivity contribution in [2.75, 3.05) is 13.7 Å². The molecule has 6 nitrogen and oxygen atoms in total. The molecule has 0 saturated carbocycles. The number of ether oxygens (including phenoxy) is 1. The summed E-state index contributed by atoms with van der Waals surface area (Å²) in [7, 11) is 1.74. The predicted molar refractivity (Wildman–Crippen MR) is 121 cm³/mol. The minimum Gasteiger partial charge on any atom is -0.383 e. The summed E-state index contributed by atoms with van der Waals surface area (Å²) in [5, 5.41) is 4.25. The van der Waals surface area contributed by atoms with Crippen LogP contribution in [-0.4, -0.2) is 38.3 Å². The van der Waals surface area contributed by atoms with Crippen molar-refractivity contribution in [1.29, 1.82) is 0 Å². The second-order valence-electron chi connectivity index (χ2n) is 7.55. The molecule has 0 spiro atoms. The van der Waals surface area contributed by atoms with E-state index in [0.717, 1.165) is 23.0 Å². The van der Waals surface area contributed by atoms with E-state index >= 15 is 0 Å². The lowest BCUT2D eigenvalue weighted by Gasteiger charge is -2.28. The highest BCUT2D eigenvalue weighted by atomic mass is 32.1. The summed E-state index contributed by atoms with van der Waals surface area (Å²) in [6, 6.07) is 14.3. The SMILES string of the molecule is COCCn1c(C)cc([C@H]2[C@@H](c3ccccn3)NC(=S)N2Cc2ccccn2)c1C. The van der Waals surface area contributed by atoms with E-state index in [0.29, 0.717) is 13.2 Å². The van der Waals surface area contributed by atoms with Gasteiger partial charge in [0.15, 0.2) is 5.11 Å². The fraction of sp³-hybridized carbons (Fsp3) is 0.348. The molecule has 0 bridgehead atoms. The summed E-state index contributed by atoms with van der Waals surface area (Å²) in [6.45, 7) is 6.47. The van der Waals surface area contributed by atoms with Crippen molar-refractivity contribution in [2.45, 2.75) is 39.0 Å². The molecule has 30 heavy (non-hydrogen) atoms. The highest BCUT2D eigenvalue weighted by Gasteiger charge is 2.41. The van der Waals surface area contributed by atoms with Crippen molar-refractivity contribution in [3.63, 3.8) is 0 Å². The molecule has 0 amide bonds. The average Bonchev–Trinajstić information content (AvgIpc) is 3.23. The summed E-state index contributed by atoms with van der Waals surface area (Å²) in [5.74, 6) is 0. The number of rotatable bonds is 7. The molecule has 3 aromatic rings. The monoisotopic (exact) mass is 421 g/mol. The van der Waals surface area contributed by atoms with Crippen molar-refractivity contribution in [1.82, 2.24) is 24.8 Å². The van der Waals surface area contributed by atoms with Gasteiger partial charge in [-0.2, -0.15) is 0 Å². The molecule has 0 aliphatic carbocycles. The fourth-order valence-electron chi connectivity index (χ4n) is 4.23. The Morgan fingerprint density at radius 1 is 1.10 bits per heavy atom. The van der Waals surface area contributed by atoms with Crippen LogP contribution in [-0.2, 0) is 17.8 Å². The molecule has 1 aliphatic rings. The van der Waals surface area contributed by atoms with Crippen molar-refractivity contribution < 1.29 is 4.74 Å². The predicted octanol–water partition coefficient (Wildman–Crippen LogP) is 3.71. The first-order valence-corrected chi connectivity index (χ1v) is 10.5. The first kappa shape index (κ1) is 20.5. The lowest BCUT2D eigenvalue weighted by Crippen LogP contribution is -2.29. The van der Waals surface area contributed by atoms with E-state index < -0.39 is 0 Å². The molecule has 0 aromatic carbocycles. The van der Waals surface area contributed by atoms with E-state index in [1.165, 1.54) is 17.0 Å². The largest absolute Gasteiger partial charge is 0.383 e. The summed E-state index contributed by atoms with van der Waals surface area (Å²) >= 11 is 5.78. The Morgan fingerprint density at radius 2 is 1.87 bits per heavy atom. The third kappa shape index (κ3) is 3.95. The number of nitrogens with one attached hydrogen (secondary N) is 1. The number of aromatic nitrogens is 3. The summed E-state index contributed by atoms with van der Waals surface area (Å²) in [5.41, 5.74) is 5.67. The van der Waals surface area contributed by atoms with Crippen LogP contribution in [0, 0.1) is 13.8 Å². The van der Waals surface area contributed by atoms with Crippen molar-refractivity contribution in [3.8, 4) is 0 Å². The Labute approximate surface area is 182 Å². The maximum Gasteiger partial charge on any atom is 0.170 e. The van der Waals surface area contributed by atoms with Crippen molar-refractivity contribution in [2.24, 2.45) is 0 Å². The van der Waals surface area contributed by atoms with Crippen LogP contribution in [0.4, 0.5) is 0 Å². The highest BCUT2D eigenvalue weighted by molar-refractivity contribution is 7.80. The normalized spacial score (nSPS) is 18.6. The van der Waals surface area contributed by atoms with E-state index in [4.69, 9.17) is 17.0 Å². The molecule has 1 saturated heterocycles. The maximum absolute atomic E-state index is 5.78. The minimum atomic E-state index is -0.0289. The van der Waals surface area contributed by atoms with Gasteiger partial charge in [-0.25, -0.2) is 0 Å². The van der Waals surface area contributed by atoms with Gasteiger partial charge in [0.25, 0.3) is 0 Å². The molecule has 0 unspecified atom stereocenters. The lowest BCUT2D eigenvalue weighted by atomic mass is 9.96. The van der Waals surface area contributed by atoms with Crippen LogP contribution in [0.15, 0.2) is 54.9 Å². The second-order valence-corrected chi connectivity index (χ2v) is 7.93. The second kappa shape index (κ2) is 8.93. The third-order valence-corrected chi connectivity index (χ3v) is 6.06. The van der Waals surface area contributed by atoms with Gasteiger partial charge >= 0.3 is 0 Å². The molecule has 156 valence electrons. The number of nitrogens with zero attached hydrogens (tertiary/aromatic N) is 4. The third-order valence-electron chi connectivity index (χ3n) is 5.71. The van der Waals surface area contributed by atoms with Crippen molar-refractivity contribution >= 4 is 17.3 Å². The summed E-state index contributed by atoms with van der Waals surface area (Å²) < 4.78 is 7.63. The number of hydrogen-bond donors (Lipinski definition) is 1. The molecule has 7 heteroatoms. The van der Waals surface area contributed by atoms with Crippen molar-refractivity contribution in [3.05, 3.63) is 83.2 Å². The minimum absolute atomic E-state index is 0.0249. The molecule has 4 rings (SSSR count). The van der Waals surface area contributed by atoms with Gasteiger partial charge in [0.05, 0.1) is 36.6 Å². The molecule has 0 radical (unpaired) electrons. The first-order valence-electron chi connectivity index (χ1n) is 10.1. The van der Waals surface area contributed by atoms with Crippen LogP contribution in [0.2, 0.25) is 0 Å². The van der Waals surface area contributed by atoms with Crippen LogP contribution in [0.1, 0.15) is 40.4 Å². The average molecular weight is 422 g/mol. The van der Waals surface area contributed by atoms with E-state index in [1.807, 2.05) is 42.7 Å². The smallest absolute Gasteiger partial charge is 0.170 e. The summed E-state index contributed by atoms with van der Waals surface area (Å²) in [4.78, 5) is 11.4. The molecular weight excluding hydrogens is 394 g/mol. The van der Waals surface area contributed by atoms with Gasteiger partial charge < -0.3 is 19.5 Å². The maximum atomic E-state index is 5.78. The van der Waals surface area contributed by atoms with Gasteiger partial charge in [0.1, 0.15) is 0 Å². The molecule has 4 heterocycles. The fourth-order valence-corrected chi connectivity index (χ4v) is 4.54. The molecule has 1 aliphatic heterocycles. The van der Waals surface area contributed by atoms with Gasteiger partial charge in [0.2, 0.25) is 0 Å². The van der Waals surface area contributed by atoms with Crippen LogP contribution >= 0.6 is 12.2 Å². The molecule has 3 aromatic heterocycles. The quantitative estimate of drug-likeness (QED) is 0.587. The van der Waals surface area contributed by atoms with Gasteiger partial charge in [-0.05, 0) is 62.0 Å². The zero-order valence-electron chi connectivity index (χ0n) is 17.6. The number of pyridine rings is 2. The number of hydrogen-bond acceptors (Lipinski definition) is 4. The Morgan fingerprint density at radius 3 is 2.53 bits per heavy atom. The lowest BCUT2D eigenvalue weighted by molar-refractivity contribution is 0.186. The highest BCUT2D eigenvalue weighted by Crippen LogP contribution is 2.41. The standard InChI is InChI=1S/C23H27N5OS/c1-16-14-19(17(2)27(16)12-13-29-3)22-21(20-9-5-7-11-25-20)26-23(30)28(22)15-18-8-4-6-10-24-18/h4-11,14,21-22H,12-13,15H2,1-3H3,(H,26,30)/t21-,22+/m1/s1. The number of aryl methyl sites for hydroxylation is 1. The zero-order valence-corrected chi connectivity index (χ0v) is 18.4. The molecule has 2 atom stereocenters. The topological polar surface area (TPSA) is 55.2 Å². The van der Waals surface area contributed by atoms with E-state index in [-0.39, 0.29) is 12.1 Å². The number of thiocarbonyl (C=S) groups is 1. The Bertz CT molecular complexity index is 1010. The van der Waals surface area contributed by atoms with E-state index in [1.54, 1.807) is 7.11 Å². The first-order chi connectivity index (χ1) is 14.6. The summed E-state index contributed by atoms with van der Waals surface area (Å²) in [6.07, 6.45) is 3.66. The number of methoxy groups -OCH3 is 1. The van der Waals surface area contributed by atoms with Gasteiger partial charge in [-0.3, -0.25) is 9.97 Å². The molecular formula is C23H27N5OS. The van der Waals surface area contributed by atoms with Gasteiger partial charge in [0, 0.05) is 37.4 Å². The van der Waals surface area contributed by atoms with Gasteiger partial charge in [-0.1, -0.05) is 12.1 Å². The van der Waals surface area contributed by atoms with Crippen LogP contribution < -0.4 is 5.32 Å². The molecule has 1 N–H and O–H groups in total.